The van der Waals surface area contributed by atoms with Gasteiger partial charge in [-0.05, 0) is 56.3 Å². The number of hydrogen-bond acceptors (Lipinski definition) is 7. The minimum absolute atomic E-state index is 0.0868. The summed E-state index contributed by atoms with van der Waals surface area (Å²) in [5, 5.41) is 8.88. The average molecular weight is 367 g/mol. The summed E-state index contributed by atoms with van der Waals surface area (Å²) >= 11 is -0.463. The molecule has 0 amide bonds. The Kier molecular flexibility index (Phi) is 5.65. The van der Waals surface area contributed by atoms with Crippen LogP contribution in [0.3, 0.4) is 0 Å². The smallest absolute Gasteiger partial charge is 0.343 e. The first-order chi connectivity index (χ1) is 11.4. The zero-order valence-corrected chi connectivity index (χ0v) is 14.0. The van der Waals surface area contributed by atoms with Crippen molar-refractivity contribution in [3.05, 3.63) is 0 Å². The lowest BCUT2D eigenvalue weighted by Gasteiger charge is -2.56. The van der Waals surface area contributed by atoms with Crippen molar-refractivity contribution in [1.82, 2.24) is 0 Å². The van der Waals surface area contributed by atoms with Crippen LogP contribution < -0.4 is 5.26 Å². The Morgan fingerprint density at radius 1 is 1.17 bits per heavy atom. The van der Waals surface area contributed by atoms with Crippen molar-refractivity contribution in [3.63, 3.8) is 0 Å². The summed E-state index contributed by atoms with van der Waals surface area (Å²) in [5.74, 6) is 1.62. The minimum atomic E-state index is -3.48. The van der Waals surface area contributed by atoms with E-state index in [0.717, 1.165) is 37.0 Å². The van der Waals surface area contributed by atoms with E-state index in [1.165, 1.54) is 19.3 Å². The first-order valence-electron chi connectivity index (χ1n) is 8.15. The van der Waals surface area contributed by atoms with E-state index in [1.807, 2.05) is 0 Å². The van der Waals surface area contributed by atoms with E-state index >= 15 is 0 Å². The molecule has 0 spiro atoms. The molecule has 0 saturated heterocycles. The Labute approximate surface area is 143 Å². The molecule has 9 heteroatoms. The first-order valence-corrected chi connectivity index (χ1v) is 8.89. The van der Waals surface area contributed by atoms with Crippen molar-refractivity contribution < 1.29 is 37.7 Å². The van der Waals surface area contributed by atoms with E-state index in [2.05, 4.69) is 14.1 Å². The van der Waals surface area contributed by atoms with Crippen LogP contribution in [0.15, 0.2) is 0 Å². The van der Waals surface area contributed by atoms with Crippen LogP contribution in [0.25, 0.3) is 0 Å². The second kappa shape index (κ2) is 7.41. The van der Waals surface area contributed by atoms with Crippen molar-refractivity contribution in [2.24, 2.45) is 23.2 Å². The van der Waals surface area contributed by atoms with Crippen molar-refractivity contribution >= 4 is 18.0 Å². The number of halogens is 2. The maximum atomic E-state index is 13.1. The molecule has 138 valence electrons. The Morgan fingerprint density at radius 2 is 1.75 bits per heavy atom. The topological polar surface area (TPSA) is 77.1 Å². The number of carbonyl (C=O) groups excluding carboxylic acids is 1. The van der Waals surface area contributed by atoms with Crippen LogP contribution in [-0.4, -0.2) is 31.0 Å². The molecule has 0 N–H and O–H groups in total. The fourth-order valence-electron chi connectivity index (χ4n) is 5.08. The molecular weight excluding hydrogens is 346 g/mol. The summed E-state index contributed by atoms with van der Waals surface area (Å²) in [6.07, 6.45) is 7.23. The van der Waals surface area contributed by atoms with Gasteiger partial charge in [-0.15, -0.1) is 0 Å². The van der Waals surface area contributed by atoms with Gasteiger partial charge < -0.3 is 14.7 Å². The molecule has 0 aliphatic heterocycles. The maximum absolute atomic E-state index is 13.1. The van der Waals surface area contributed by atoms with Crippen LogP contribution in [-0.2, 0) is 23.6 Å². The summed E-state index contributed by atoms with van der Waals surface area (Å²) in [7, 11) is 0. The zero-order valence-electron chi connectivity index (χ0n) is 13.2. The summed E-state index contributed by atoms with van der Waals surface area (Å²) in [6, 6.07) is 0. The van der Waals surface area contributed by atoms with Crippen LogP contribution in [0.4, 0.5) is 8.78 Å². The van der Waals surface area contributed by atoms with Gasteiger partial charge in [-0.2, -0.15) is 13.1 Å². The summed E-state index contributed by atoms with van der Waals surface area (Å²) in [5.41, 5.74) is 0.0868. The van der Waals surface area contributed by atoms with Gasteiger partial charge in [0.1, 0.15) is 25.3 Å². The molecule has 0 unspecified atom stereocenters. The van der Waals surface area contributed by atoms with Crippen LogP contribution in [0.5, 0.6) is 0 Å². The molecule has 0 heterocycles. The monoisotopic (exact) mass is 367 g/mol. The van der Waals surface area contributed by atoms with Gasteiger partial charge in [-0.25, -0.2) is 4.79 Å². The molecule has 4 aliphatic carbocycles. The van der Waals surface area contributed by atoms with Gasteiger partial charge in [0.25, 0.3) is 0 Å². The Balaban J connectivity index is 1.37. The number of alkyl halides is 2. The van der Waals surface area contributed by atoms with E-state index < -0.39 is 36.5 Å². The average Bonchev–Trinajstić information content (AvgIpc) is 2.50. The lowest BCUT2D eigenvalue weighted by Crippen LogP contribution is -2.48. The largest absolute Gasteiger partial charge is 0.691 e. The van der Waals surface area contributed by atoms with E-state index in [1.54, 1.807) is 0 Å². The molecule has 0 aromatic heterocycles. The normalized spacial score (nSPS) is 34.5. The van der Waals surface area contributed by atoms with Gasteiger partial charge in [0, 0.05) is 5.41 Å². The predicted molar refractivity (Wildman–Crippen MR) is 77.1 cm³/mol. The van der Waals surface area contributed by atoms with Gasteiger partial charge >= 0.3 is 11.2 Å². The number of ether oxygens (including phenoxy) is 2. The van der Waals surface area contributed by atoms with Gasteiger partial charge in [0.15, 0.2) is 0 Å². The highest BCUT2D eigenvalue weighted by molar-refractivity contribution is 7.95. The molecule has 6 nitrogen and oxygen atoms in total. The lowest BCUT2D eigenvalue weighted by atomic mass is 9.50. The fraction of sp³-hybridized carbons (Fsp3) is 0.933. The van der Waals surface area contributed by atoms with Gasteiger partial charge in [0.2, 0.25) is 0 Å². The van der Waals surface area contributed by atoms with E-state index in [4.69, 9.17) is 4.74 Å². The second-order valence-electron chi connectivity index (χ2n) is 7.43. The highest BCUT2D eigenvalue weighted by Crippen LogP contribution is 2.60. The molecule has 0 atom stereocenters. The summed E-state index contributed by atoms with van der Waals surface area (Å²) in [6.45, 7) is -1.27. The maximum Gasteiger partial charge on any atom is 0.343 e. The highest BCUT2D eigenvalue weighted by atomic mass is 32.2. The number of hydrogen-bond donors (Lipinski definition) is 0. The van der Waals surface area contributed by atoms with E-state index in [0.29, 0.717) is 6.61 Å². The molecule has 24 heavy (non-hydrogen) atoms. The molecule has 4 saturated carbocycles. The zero-order chi connectivity index (χ0) is 17.2. The van der Waals surface area contributed by atoms with E-state index in [9.17, 15) is 18.8 Å². The van der Waals surface area contributed by atoms with Crippen LogP contribution in [0, 0.1) is 23.2 Å². The number of esters is 1. The lowest BCUT2D eigenvalue weighted by molar-refractivity contribution is -0.777. The Morgan fingerprint density at radius 3 is 2.29 bits per heavy atom. The third-order valence-electron chi connectivity index (χ3n) is 5.38. The van der Waals surface area contributed by atoms with Crippen molar-refractivity contribution in [3.8, 4) is 0 Å². The minimum Gasteiger partial charge on any atom is -0.691 e. The van der Waals surface area contributed by atoms with Gasteiger partial charge in [0.05, 0.1) is 6.61 Å². The van der Waals surface area contributed by atoms with Crippen LogP contribution in [0.1, 0.15) is 38.5 Å². The number of rotatable bonds is 9. The molecule has 0 radical (unpaired) electrons. The van der Waals surface area contributed by atoms with Crippen molar-refractivity contribution in [2.75, 3.05) is 19.8 Å². The predicted octanol–water partition coefficient (Wildman–Crippen LogP) is 2.23. The van der Waals surface area contributed by atoms with Gasteiger partial charge in [-0.1, -0.05) is 0 Å². The van der Waals surface area contributed by atoms with Crippen LogP contribution >= 0.6 is 12.0 Å². The third kappa shape index (κ3) is 4.57. The Bertz CT molecular complexity index is 426. The summed E-state index contributed by atoms with van der Waals surface area (Å²) < 4.78 is 39.7. The summed E-state index contributed by atoms with van der Waals surface area (Å²) in [4.78, 5) is 11.7. The van der Waals surface area contributed by atoms with Crippen molar-refractivity contribution in [2.45, 2.75) is 43.8 Å². The third-order valence-corrected chi connectivity index (χ3v) is 5.86. The SMILES string of the molecule is O=C(COCC(F)(F)SOO[O-])OCC12CC3CC(CC(C3)C1)C2. The van der Waals surface area contributed by atoms with Crippen molar-refractivity contribution in [1.29, 1.82) is 0 Å². The molecular formula is C15H21F2O6S-. The fourth-order valence-corrected chi connectivity index (χ4v) is 5.34. The Hall–Kier alpha value is -0.480. The number of carbonyl (C=O) groups is 1. The standard InChI is InChI=1S/C15H22F2O6S/c16-15(17,24-23-22-19)9-20-7-13(18)21-8-14-4-10-1-11(5-14)3-12(2-10)6-14/h10-12,19H,1-9H2/p-1. The highest BCUT2D eigenvalue weighted by Gasteiger charge is 2.51. The molecule has 4 fully saturated rings. The van der Waals surface area contributed by atoms with E-state index in [-0.39, 0.29) is 5.41 Å². The molecule has 4 aliphatic rings. The second-order valence-corrected chi connectivity index (χ2v) is 8.33. The molecule has 0 aromatic rings. The quantitative estimate of drug-likeness (QED) is 0.268. The van der Waals surface area contributed by atoms with Crippen LogP contribution in [0.2, 0.25) is 0 Å². The molecule has 4 rings (SSSR count). The van der Waals surface area contributed by atoms with Gasteiger partial charge in [-0.3, -0.25) is 5.04 Å². The first kappa shape index (κ1) is 18.3. The molecule has 4 bridgehead atoms. The molecule has 0 aromatic carbocycles.